The monoisotopic (exact) mass is 221 g/mol. The SMILES string of the molecule is CCC(CC)c1nc(C2CC2)n(CC)c1N. The van der Waals surface area contributed by atoms with Gasteiger partial charge in [-0.15, -0.1) is 0 Å². The average Bonchev–Trinajstić information content (AvgIpc) is 3.07. The number of anilines is 1. The summed E-state index contributed by atoms with van der Waals surface area (Å²) in [5.74, 6) is 3.37. The van der Waals surface area contributed by atoms with E-state index in [1.54, 1.807) is 0 Å². The van der Waals surface area contributed by atoms with Crippen LogP contribution in [-0.2, 0) is 6.54 Å². The minimum absolute atomic E-state index is 0.533. The van der Waals surface area contributed by atoms with Gasteiger partial charge in [0.2, 0.25) is 0 Å². The Morgan fingerprint density at radius 3 is 2.38 bits per heavy atom. The van der Waals surface area contributed by atoms with Gasteiger partial charge in [-0.05, 0) is 32.6 Å². The molecule has 0 amide bonds. The Balaban J connectivity index is 2.38. The van der Waals surface area contributed by atoms with E-state index < -0.39 is 0 Å². The molecule has 1 heterocycles. The fraction of sp³-hybridized carbons (Fsp3) is 0.769. The van der Waals surface area contributed by atoms with Crippen molar-refractivity contribution in [2.75, 3.05) is 5.73 Å². The summed E-state index contributed by atoms with van der Waals surface area (Å²) in [5, 5.41) is 0. The minimum atomic E-state index is 0.533. The molecule has 0 saturated heterocycles. The molecule has 16 heavy (non-hydrogen) atoms. The summed E-state index contributed by atoms with van der Waals surface area (Å²) in [6, 6.07) is 0. The van der Waals surface area contributed by atoms with Crippen molar-refractivity contribution < 1.29 is 0 Å². The maximum atomic E-state index is 6.23. The second-order valence-corrected chi connectivity index (χ2v) is 4.77. The first-order valence-electron chi connectivity index (χ1n) is 6.58. The lowest BCUT2D eigenvalue weighted by atomic mass is 9.99. The second-order valence-electron chi connectivity index (χ2n) is 4.77. The van der Waals surface area contributed by atoms with Crippen LogP contribution < -0.4 is 5.73 Å². The normalized spacial score (nSPS) is 16.0. The smallest absolute Gasteiger partial charge is 0.127 e. The van der Waals surface area contributed by atoms with Gasteiger partial charge in [0.15, 0.2) is 0 Å². The van der Waals surface area contributed by atoms with Crippen LogP contribution in [0.1, 0.15) is 69.8 Å². The molecule has 1 fully saturated rings. The molecule has 0 bridgehead atoms. The van der Waals surface area contributed by atoms with Crippen LogP contribution >= 0.6 is 0 Å². The van der Waals surface area contributed by atoms with E-state index in [4.69, 9.17) is 10.7 Å². The van der Waals surface area contributed by atoms with Crippen LogP contribution in [0.3, 0.4) is 0 Å². The molecule has 1 aliphatic carbocycles. The number of hydrogen-bond acceptors (Lipinski definition) is 2. The zero-order chi connectivity index (χ0) is 11.7. The van der Waals surface area contributed by atoms with Crippen LogP contribution in [0, 0.1) is 0 Å². The van der Waals surface area contributed by atoms with Crippen molar-refractivity contribution in [1.29, 1.82) is 0 Å². The van der Waals surface area contributed by atoms with Crippen molar-refractivity contribution in [3.05, 3.63) is 11.5 Å². The van der Waals surface area contributed by atoms with Gasteiger partial charge in [0.25, 0.3) is 0 Å². The molecule has 0 atom stereocenters. The maximum Gasteiger partial charge on any atom is 0.127 e. The molecule has 3 heteroatoms. The molecular formula is C13H23N3. The zero-order valence-corrected chi connectivity index (χ0v) is 10.7. The van der Waals surface area contributed by atoms with Crippen molar-refractivity contribution >= 4 is 5.82 Å². The average molecular weight is 221 g/mol. The number of aromatic nitrogens is 2. The number of nitrogen functional groups attached to an aromatic ring is 1. The Labute approximate surface area is 98.1 Å². The molecule has 0 radical (unpaired) electrons. The van der Waals surface area contributed by atoms with Crippen LogP contribution in [0.4, 0.5) is 5.82 Å². The van der Waals surface area contributed by atoms with E-state index in [0.717, 1.165) is 30.9 Å². The molecule has 0 spiro atoms. The number of imidazole rings is 1. The molecule has 2 rings (SSSR count). The summed E-state index contributed by atoms with van der Waals surface area (Å²) in [6.45, 7) is 7.54. The van der Waals surface area contributed by atoms with Gasteiger partial charge in [-0.3, -0.25) is 0 Å². The summed E-state index contributed by atoms with van der Waals surface area (Å²) in [5.41, 5.74) is 7.38. The summed E-state index contributed by atoms with van der Waals surface area (Å²) in [7, 11) is 0. The van der Waals surface area contributed by atoms with E-state index >= 15 is 0 Å². The fourth-order valence-corrected chi connectivity index (χ4v) is 2.46. The fourth-order valence-electron chi connectivity index (χ4n) is 2.46. The highest BCUT2D eigenvalue weighted by Crippen LogP contribution is 2.42. The highest BCUT2D eigenvalue weighted by Gasteiger charge is 2.31. The number of rotatable bonds is 5. The Kier molecular flexibility index (Phi) is 3.22. The summed E-state index contributed by atoms with van der Waals surface area (Å²) in [6.07, 6.45) is 4.84. The molecule has 3 nitrogen and oxygen atoms in total. The number of nitrogens with two attached hydrogens (primary N) is 1. The lowest BCUT2D eigenvalue weighted by Crippen LogP contribution is -2.06. The lowest BCUT2D eigenvalue weighted by Gasteiger charge is -2.10. The first kappa shape index (κ1) is 11.5. The first-order valence-corrected chi connectivity index (χ1v) is 6.58. The Hall–Kier alpha value is -0.990. The van der Waals surface area contributed by atoms with Gasteiger partial charge in [0.05, 0.1) is 5.69 Å². The van der Waals surface area contributed by atoms with Crippen molar-refractivity contribution in [3.63, 3.8) is 0 Å². The predicted octanol–water partition coefficient (Wildman–Crippen LogP) is 3.27. The van der Waals surface area contributed by atoms with E-state index in [1.165, 1.54) is 18.7 Å². The van der Waals surface area contributed by atoms with Crippen LogP contribution in [-0.4, -0.2) is 9.55 Å². The topological polar surface area (TPSA) is 43.8 Å². The summed E-state index contributed by atoms with van der Waals surface area (Å²) in [4.78, 5) is 4.82. The first-order chi connectivity index (χ1) is 7.72. The molecule has 1 saturated carbocycles. The number of hydrogen-bond donors (Lipinski definition) is 1. The van der Waals surface area contributed by atoms with Gasteiger partial charge in [0, 0.05) is 18.4 Å². The van der Waals surface area contributed by atoms with Crippen LogP contribution in [0.25, 0.3) is 0 Å². The van der Waals surface area contributed by atoms with Crippen molar-refractivity contribution in [1.82, 2.24) is 9.55 Å². The quantitative estimate of drug-likeness (QED) is 0.829. The molecule has 90 valence electrons. The van der Waals surface area contributed by atoms with Gasteiger partial charge in [-0.2, -0.15) is 0 Å². The minimum Gasteiger partial charge on any atom is -0.384 e. The van der Waals surface area contributed by atoms with Crippen LogP contribution in [0.15, 0.2) is 0 Å². The molecule has 2 N–H and O–H groups in total. The summed E-state index contributed by atoms with van der Waals surface area (Å²) >= 11 is 0. The van der Waals surface area contributed by atoms with Gasteiger partial charge in [0.1, 0.15) is 11.6 Å². The van der Waals surface area contributed by atoms with Gasteiger partial charge in [-0.1, -0.05) is 13.8 Å². The van der Waals surface area contributed by atoms with Gasteiger partial charge >= 0.3 is 0 Å². The zero-order valence-electron chi connectivity index (χ0n) is 10.7. The maximum absolute atomic E-state index is 6.23. The molecular weight excluding hydrogens is 198 g/mol. The van der Waals surface area contributed by atoms with E-state index in [2.05, 4.69) is 25.3 Å². The third-order valence-corrected chi connectivity index (χ3v) is 3.70. The van der Waals surface area contributed by atoms with Crippen molar-refractivity contribution in [2.45, 2.75) is 64.8 Å². The highest BCUT2D eigenvalue weighted by atomic mass is 15.1. The predicted molar refractivity (Wildman–Crippen MR) is 67.6 cm³/mol. The number of nitrogens with zero attached hydrogens (tertiary/aromatic N) is 2. The Morgan fingerprint density at radius 2 is 1.94 bits per heavy atom. The highest BCUT2D eigenvalue weighted by molar-refractivity contribution is 5.42. The molecule has 1 aromatic rings. The molecule has 0 aromatic carbocycles. The second kappa shape index (κ2) is 4.48. The standard InChI is InChI=1S/C13H23N3/c1-4-9(5-2)11-12(14)16(6-3)13(15-11)10-7-8-10/h9-10H,4-8,14H2,1-3H3. The molecule has 0 aliphatic heterocycles. The Bertz CT molecular complexity index is 359. The van der Waals surface area contributed by atoms with E-state index in [9.17, 15) is 0 Å². The summed E-state index contributed by atoms with van der Waals surface area (Å²) < 4.78 is 2.21. The molecule has 1 aliphatic rings. The third kappa shape index (κ3) is 1.83. The van der Waals surface area contributed by atoms with E-state index in [0.29, 0.717) is 11.8 Å². The molecule has 1 aromatic heterocycles. The van der Waals surface area contributed by atoms with Crippen LogP contribution in [0.5, 0.6) is 0 Å². The van der Waals surface area contributed by atoms with E-state index in [-0.39, 0.29) is 0 Å². The Morgan fingerprint density at radius 1 is 1.31 bits per heavy atom. The van der Waals surface area contributed by atoms with E-state index in [1.807, 2.05) is 0 Å². The van der Waals surface area contributed by atoms with Crippen molar-refractivity contribution in [3.8, 4) is 0 Å². The third-order valence-electron chi connectivity index (χ3n) is 3.70. The van der Waals surface area contributed by atoms with Crippen LogP contribution in [0.2, 0.25) is 0 Å². The largest absolute Gasteiger partial charge is 0.384 e. The molecule has 0 unspecified atom stereocenters. The lowest BCUT2D eigenvalue weighted by molar-refractivity contribution is 0.626. The van der Waals surface area contributed by atoms with Gasteiger partial charge in [-0.25, -0.2) is 4.98 Å². The van der Waals surface area contributed by atoms with Crippen molar-refractivity contribution in [2.24, 2.45) is 0 Å². The van der Waals surface area contributed by atoms with Gasteiger partial charge < -0.3 is 10.3 Å².